The Labute approximate surface area is 144 Å². The summed E-state index contributed by atoms with van der Waals surface area (Å²) in [7, 11) is 1.61. The van der Waals surface area contributed by atoms with Crippen LogP contribution in [-0.2, 0) is 9.47 Å². The molecule has 1 rings (SSSR count). The first-order valence-corrected chi connectivity index (χ1v) is 8.37. The summed E-state index contributed by atoms with van der Waals surface area (Å²) in [6.07, 6.45) is -0.204. The molecule has 24 heavy (non-hydrogen) atoms. The standard InChI is InChI=1S/C18H30N2O4/c1-11(2)10-20(8-9-23-7)17(21)16-13(5)15(14(6)19-16)18(22)24-12(3)4/h11-12,19H,8-10H2,1-7H3. The van der Waals surface area contributed by atoms with Crippen LogP contribution in [-0.4, -0.2) is 54.7 Å². The summed E-state index contributed by atoms with van der Waals surface area (Å²) in [6, 6.07) is 0. The van der Waals surface area contributed by atoms with E-state index in [1.54, 1.807) is 39.7 Å². The first-order chi connectivity index (χ1) is 11.2. The first-order valence-electron chi connectivity index (χ1n) is 8.37. The van der Waals surface area contributed by atoms with Crippen LogP contribution in [0.3, 0.4) is 0 Å². The maximum Gasteiger partial charge on any atom is 0.340 e. The second-order valence-electron chi connectivity index (χ2n) is 6.72. The van der Waals surface area contributed by atoms with E-state index in [4.69, 9.17) is 9.47 Å². The topological polar surface area (TPSA) is 71.6 Å². The molecule has 0 spiro atoms. The van der Waals surface area contributed by atoms with Crippen LogP contribution < -0.4 is 0 Å². The number of rotatable bonds is 8. The number of methoxy groups -OCH3 is 1. The number of esters is 1. The van der Waals surface area contributed by atoms with Gasteiger partial charge in [0.15, 0.2) is 0 Å². The third-order valence-corrected chi connectivity index (χ3v) is 3.64. The highest BCUT2D eigenvalue weighted by Gasteiger charge is 2.26. The molecule has 1 aromatic heterocycles. The molecule has 0 aromatic carbocycles. The Morgan fingerprint density at radius 2 is 1.79 bits per heavy atom. The fraction of sp³-hybridized carbons (Fsp3) is 0.667. The van der Waals surface area contributed by atoms with Gasteiger partial charge in [-0.05, 0) is 39.2 Å². The lowest BCUT2D eigenvalue weighted by molar-refractivity contribution is 0.0376. The SMILES string of the molecule is COCCN(CC(C)C)C(=O)c1[nH]c(C)c(C(=O)OC(C)C)c1C. The third kappa shape index (κ3) is 5.09. The molecule has 1 N–H and O–H groups in total. The van der Waals surface area contributed by atoms with Crippen molar-refractivity contribution in [3.8, 4) is 0 Å². The highest BCUT2D eigenvalue weighted by atomic mass is 16.5. The normalized spacial score (nSPS) is 11.2. The van der Waals surface area contributed by atoms with Gasteiger partial charge in [0.25, 0.3) is 5.91 Å². The average molecular weight is 338 g/mol. The smallest absolute Gasteiger partial charge is 0.340 e. The summed E-state index contributed by atoms with van der Waals surface area (Å²) in [5.41, 5.74) is 2.18. The maximum atomic E-state index is 12.9. The number of carbonyl (C=O) groups excluding carboxylic acids is 2. The summed E-state index contributed by atoms with van der Waals surface area (Å²) in [6.45, 7) is 12.9. The molecule has 0 aliphatic carbocycles. The van der Waals surface area contributed by atoms with Gasteiger partial charge in [0.1, 0.15) is 5.69 Å². The molecule has 136 valence electrons. The van der Waals surface area contributed by atoms with Crippen molar-refractivity contribution >= 4 is 11.9 Å². The van der Waals surface area contributed by atoms with E-state index in [0.29, 0.717) is 48.1 Å². The molecule has 0 saturated carbocycles. The highest BCUT2D eigenvalue weighted by Crippen LogP contribution is 2.21. The summed E-state index contributed by atoms with van der Waals surface area (Å²) >= 11 is 0. The molecular formula is C18H30N2O4. The molecule has 1 heterocycles. The summed E-state index contributed by atoms with van der Waals surface area (Å²) in [4.78, 5) is 30.0. The average Bonchev–Trinajstić information content (AvgIpc) is 2.76. The number of hydrogen-bond donors (Lipinski definition) is 1. The Morgan fingerprint density at radius 3 is 2.29 bits per heavy atom. The number of hydrogen-bond acceptors (Lipinski definition) is 4. The zero-order chi connectivity index (χ0) is 18.4. The third-order valence-electron chi connectivity index (χ3n) is 3.64. The molecule has 0 aliphatic rings. The van der Waals surface area contributed by atoms with E-state index in [9.17, 15) is 9.59 Å². The number of carbonyl (C=O) groups is 2. The van der Waals surface area contributed by atoms with Gasteiger partial charge in [-0.15, -0.1) is 0 Å². The Bertz CT molecular complexity index is 576. The van der Waals surface area contributed by atoms with Crippen LogP contribution >= 0.6 is 0 Å². The Morgan fingerprint density at radius 1 is 1.17 bits per heavy atom. The first kappa shape index (κ1) is 20.2. The number of aryl methyl sites for hydroxylation is 1. The Balaban J connectivity index is 3.11. The van der Waals surface area contributed by atoms with Crippen LogP contribution in [0.25, 0.3) is 0 Å². The molecule has 0 unspecified atom stereocenters. The molecule has 0 aliphatic heterocycles. The molecule has 6 nitrogen and oxygen atoms in total. The maximum absolute atomic E-state index is 12.9. The van der Waals surface area contributed by atoms with Gasteiger partial charge < -0.3 is 19.4 Å². The van der Waals surface area contributed by atoms with E-state index >= 15 is 0 Å². The van der Waals surface area contributed by atoms with E-state index in [1.165, 1.54) is 0 Å². The summed E-state index contributed by atoms with van der Waals surface area (Å²) < 4.78 is 10.4. The predicted octanol–water partition coefficient (Wildman–Crippen LogP) is 2.94. The van der Waals surface area contributed by atoms with Gasteiger partial charge in [-0.1, -0.05) is 13.8 Å². The van der Waals surface area contributed by atoms with E-state index < -0.39 is 5.97 Å². The zero-order valence-electron chi connectivity index (χ0n) is 15.9. The van der Waals surface area contributed by atoms with Gasteiger partial charge in [0.05, 0.1) is 18.3 Å². The van der Waals surface area contributed by atoms with E-state index in [1.807, 2.05) is 0 Å². The van der Waals surface area contributed by atoms with Gasteiger partial charge in [-0.3, -0.25) is 4.79 Å². The number of amides is 1. The molecule has 0 saturated heterocycles. The fourth-order valence-corrected chi connectivity index (χ4v) is 2.62. The quantitative estimate of drug-likeness (QED) is 0.740. The minimum absolute atomic E-state index is 0.120. The van der Waals surface area contributed by atoms with Crippen molar-refractivity contribution < 1.29 is 19.1 Å². The van der Waals surface area contributed by atoms with Crippen molar-refractivity contribution in [1.82, 2.24) is 9.88 Å². The minimum atomic E-state index is -0.400. The Kier molecular flexibility index (Phi) is 7.48. The predicted molar refractivity (Wildman–Crippen MR) is 93.4 cm³/mol. The van der Waals surface area contributed by atoms with Crippen LogP contribution in [0.5, 0.6) is 0 Å². The number of aromatic nitrogens is 1. The molecule has 0 atom stereocenters. The van der Waals surface area contributed by atoms with Crippen molar-refractivity contribution in [2.45, 2.75) is 47.6 Å². The number of nitrogens with zero attached hydrogens (tertiary/aromatic N) is 1. The van der Waals surface area contributed by atoms with Gasteiger partial charge in [-0.2, -0.15) is 0 Å². The Hall–Kier alpha value is -1.82. The van der Waals surface area contributed by atoms with Gasteiger partial charge in [-0.25, -0.2) is 4.79 Å². The summed E-state index contributed by atoms with van der Waals surface area (Å²) in [5, 5.41) is 0. The fourth-order valence-electron chi connectivity index (χ4n) is 2.62. The monoisotopic (exact) mass is 338 g/mol. The molecule has 6 heteroatoms. The zero-order valence-corrected chi connectivity index (χ0v) is 15.9. The second kappa shape index (κ2) is 8.87. The highest BCUT2D eigenvalue weighted by molar-refractivity contribution is 6.00. The second-order valence-corrected chi connectivity index (χ2v) is 6.72. The van der Waals surface area contributed by atoms with Crippen LogP contribution in [0, 0.1) is 19.8 Å². The lowest BCUT2D eigenvalue weighted by atomic mass is 10.1. The van der Waals surface area contributed by atoms with Crippen LogP contribution in [0.15, 0.2) is 0 Å². The van der Waals surface area contributed by atoms with Crippen molar-refractivity contribution in [1.29, 1.82) is 0 Å². The minimum Gasteiger partial charge on any atom is -0.459 e. The number of ether oxygens (including phenoxy) is 2. The van der Waals surface area contributed by atoms with Crippen LogP contribution in [0.4, 0.5) is 0 Å². The van der Waals surface area contributed by atoms with E-state index in [0.717, 1.165) is 0 Å². The molecule has 1 aromatic rings. The van der Waals surface area contributed by atoms with Crippen molar-refractivity contribution in [3.05, 3.63) is 22.5 Å². The number of nitrogens with one attached hydrogen (secondary N) is 1. The molecular weight excluding hydrogens is 308 g/mol. The van der Waals surface area contributed by atoms with E-state index in [2.05, 4.69) is 18.8 Å². The summed E-state index contributed by atoms with van der Waals surface area (Å²) in [5.74, 6) is -0.180. The van der Waals surface area contributed by atoms with Gasteiger partial charge in [0, 0.05) is 25.9 Å². The van der Waals surface area contributed by atoms with Gasteiger partial charge in [0.2, 0.25) is 0 Å². The lowest BCUT2D eigenvalue weighted by Gasteiger charge is -2.24. The molecule has 1 amide bonds. The number of H-pyrrole nitrogens is 1. The molecule has 0 radical (unpaired) electrons. The largest absolute Gasteiger partial charge is 0.459 e. The molecule has 0 bridgehead atoms. The van der Waals surface area contributed by atoms with E-state index in [-0.39, 0.29) is 12.0 Å². The van der Waals surface area contributed by atoms with Gasteiger partial charge >= 0.3 is 5.97 Å². The van der Waals surface area contributed by atoms with Crippen molar-refractivity contribution in [2.24, 2.45) is 5.92 Å². The van der Waals surface area contributed by atoms with Crippen LogP contribution in [0.1, 0.15) is 59.8 Å². The van der Waals surface area contributed by atoms with Crippen molar-refractivity contribution in [2.75, 3.05) is 26.8 Å². The van der Waals surface area contributed by atoms with Crippen molar-refractivity contribution in [3.63, 3.8) is 0 Å². The molecule has 0 fully saturated rings. The number of aromatic amines is 1. The lowest BCUT2D eigenvalue weighted by Crippen LogP contribution is -2.37. The van der Waals surface area contributed by atoms with Crippen LogP contribution in [0.2, 0.25) is 0 Å².